The molecule has 26 heavy (non-hydrogen) atoms. The maximum Gasteiger partial charge on any atom is 0.586 e. The van der Waals surface area contributed by atoms with Crippen LogP contribution in [-0.2, 0) is 0 Å². The SMILES string of the molecule is CC.FC1(F)Oc2cccc(NSc3c[nH]c(-c4ccccc4)c3)c2O1. The van der Waals surface area contributed by atoms with Gasteiger partial charge in [-0.25, -0.2) is 0 Å². The van der Waals surface area contributed by atoms with Crippen molar-refractivity contribution >= 4 is 17.6 Å². The molecule has 0 unspecified atom stereocenters. The second kappa shape index (κ2) is 7.70. The Morgan fingerprint density at radius 1 is 1.00 bits per heavy atom. The van der Waals surface area contributed by atoms with E-state index in [-0.39, 0.29) is 11.5 Å². The van der Waals surface area contributed by atoms with Gasteiger partial charge in [-0.15, -0.1) is 8.78 Å². The fraction of sp³-hybridized carbons (Fsp3) is 0.158. The van der Waals surface area contributed by atoms with Gasteiger partial charge in [-0.1, -0.05) is 50.2 Å². The largest absolute Gasteiger partial charge is 0.586 e. The zero-order valence-electron chi connectivity index (χ0n) is 14.3. The molecule has 4 nitrogen and oxygen atoms in total. The second-order valence-electron chi connectivity index (χ2n) is 5.12. The molecule has 0 spiro atoms. The molecule has 1 aromatic heterocycles. The number of aromatic nitrogens is 1. The van der Waals surface area contributed by atoms with Crippen LogP contribution in [0.4, 0.5) is 14.5 Å². The normalized spacial score (nSPS) is 13.7. The minimum Gasteiger partial charge on any atom is -0.395 e. The fourth-order valence-corrected chi connectivity index (χ4v) is 3.06. The Kier molecular flexibility index (Phi) is 5.37. The lowest BCUT2D eigenvalue weighted by Crippen LogP contribution is -2.26. The number of benzene rings is 2. The summed E-state index contributed by atoms with van der Waals surface area (Å²) < 4.78 is 38.4. The van der Waals surface area contributed by atoms with Crippen molar-refractivity contribution in [1.82, 2.24) is 4.98 Å². The second-order valence-corrected chi connectivity index (χ2v) is 6.00. The summed E-state index contributed by atoms with van der Waals surface area (Å²) >= 11 is 1.29. The molecular formula is C19H18F2N2O2S. The lowest BCUT2D eigenvalue weighted by Gasteiger charge is -2.08. The number of rotatable bonds is 4. The Bertz CT molecular complexity index is 869. The number of anilines is 1. The molecule has 3 aromatic rings. The third kappa shape index (κ3) is 3.94. The highest BCUT2D eigenvalue weighted by Gasteiger charge is 2.44. The summed E-state index contributed by atoms with van der Waals surface area (Å²) in [5.41, 5.74) is 2.47. The topological polar surface area (TPSA) is 46.3 Å². The van der Waals surface area contributed by atoms with Gasteiger partial charge in [0.1, 0.15) is 0 Å². The number of fused-ring (bicyclic) bond motifs is 1. The van der Waals surface area contributed by atoms with E-state index in [4.69, 9.17) is 0 Å². The predicted molar refractivity (Wildman–Crippen MR) is 99.7 cm³/mol. The smallest absolute Gasteiger partial charge is 0.395 e. The van der Waals surface area contributed by atoms with Crippen molar-refractivity contribution in [2.45, 2.75) is 25.0 Å². The van der Waals surface area contributed by atoms with Crippen LogP contribution < -0.4 is 14.2 Å². The lowest BCUT2D eigenvalue weighted by molar-refractivity contribution is -0.286. The molecular weight excluding hydrogens is 358 g/mol. The van der Waals surface area contributed by atoms with E-state index in [1.807, 2.05) is 56.4 Å². The molecule has 0 radical (unpaired) electrons. The molecule has 2 heterocycles. The van der Waals surface area contributed by atoms with Crippen molar-refractivity contribution in [3.8, 4) is 22.8 Å². The zero-order chi connectivity index (χ0) is 18.6. The van der Waals surface area contributed by atoms with Crippen LogP contribution in [0.3, 0.4) is 0 Å². The van der Waals surface area contributed by atoms with Gasteiger partial charge in [-0.3, -0.25) is 0 Å². The summed E-state index contributed by atoms with van der Waals surface area (Å²) in [6, 6.07) is 16.6. The number of ether oxygens (including phenoxy) is 2. The van der Waals surface area contributed by atoms with Crippen LogP contribution in [0.15, 0.2) is 65.7 Å². The highest BCUT2D eigenvalue weighted by atomic mass is 32.2. The average Bonchev–Trinajstić information content (AvgIpc) is 3.25. The number of hydrogen-bond acceptors (Lipinski definition) is 4. The third-order valence-corrected chi connectivity index (χ3v) is 4.24. The van der Waals surface area contributed by atoms with E-state index >= 15 is 0 Å². The van der Waals surface area contributed by atoms with Gasteiger partial charge < -0.3 is 19.2 Å². The van der Waals surface area contributed by atoms with Crippen LogP contribution in [0.25, 0.3) is 11.3 Å². The summed E-state index contributed by atoms with van der Waals surface area (Å²) in [7, 11) is 0. The van der Waals surface area contributed by atoms with Gasteiger partial charge >= 0.3 is 6.29 Å². The molecule has 0 saturated heterocycles. The first-order valence-electron chi connectivity index (χ1n) is 8.16. The molecule has 2 aromatic carbocycles. The van der Waals surface area contributed by atoms with Gasteiger partial charge in [0, 0.05) is 16.8 Å². The van der Waals surface area contributed by atoms with Gasteiger partial charge in [0.25, 0.3) is 0 Å². The first kappa shape index (κ1) is 18.1. The Labute approximate surface area is 154 Å². The summed E-state index contributed by atoms with van der Waals surface area (Å²) in [4.78, 5) is 4.10. The standard InChI is InChI=1S/C17H12F2N2O2S.C2H6/c18-17(19)22-15-8-4-7-13(16(15)23-17)21-24-12-9-14(20-10-12)11-5-2-1-3-6-11;1-2/h1-10,20-21H;1-2H3. The molecule has 0 bridgehead atoms. The Morgan fingerprint density at radius 3 is 2.54 bits per heavy atom. The Balaban J connectivity index is 0.000000948. The molecule has 0 saturated carbocycles. The number of H-pyrrole nitrogens is 1. The molecule has 0 aliphatic carbocycles. The zero-order valence-corrected chi connectivity index (χ0v) is 15.1. The van der Waals surface area contributed by atoms with Gasteiger partial charge in [-0.2, -0.15) is 0 Å². The molecule has 1 aliphatic heterocycles. The summed E-state index contributed by atoms with van der Waals surface area (Å²) in [6.07, 6.45) is -1.78. The van der Waals surface area contributed by atoms with E-state index in [2.05, 4.69) is 19.2 Å². The summed E-state index contributed by atoms with van der Waals surface area (Å²) in [5, 5.41) is 0. The van der Waals surface area contributed by atoms with Crippen LogP contribution in [-0.4, -0.2) is 11.3 Å². The summed E-state index contributed by atoms with van der Waals surface area (Å²) in [6.45, 7) is 4.00. The molecule has 2 N–H and O–H groups in total. The number of aromatic amines is 1. The molecule has 7 heteroatoms. The molecule has 0 fully saturated rings. The highest BCUT2D eigenvalue weighted by molar-refractivity contribution is 8.00. The third-order valence-electron chi connectivity index (χ3n) is 3.45. The minimum atomic E-state index is -3.63. The lowest BCUT2D eigenvalue weighted by atomic mass is 10.2. The monoisotopic (exact) mass is 376 g/mol. The van der Waals surface area contributed by atoms with E-state index in [1.165, 1.54) is 18.0 Å². The minimum absolute atomic E-state index is 0.00817. The average molecular weight is 376 g/mol. The molecule has 0 atom stereocenters. The van der Waals surface area contributed by atoms with Crippen molar-refractivity contribution in [2.75, 3.05) is 4.72 Å². The van der Waals surface area contributed by atoms with Crippen LogP contribution in [0.1, 0.15) is 13.8 Å². The predicted octanol–water partition coefficient (Wildman–Crippen LogP) is 6.15. The number of para-hydroxylation sites is 1. The van der Waals surface area contributed by atoms with Gasteiger partial charge in [0.15, 0.2) is 11.5 Å². The maximum absolute atomic E-state index is 13.2. The van der Waals surface area contributed by atoms with E-state index in [0.29, 0.717) is 5.69 Å². The number of alkyl halides is 2. The van der Waals surface area contributed by atoms with E-state index in [0.717, 1.165) is 16.2 Å². The van der Waals surface area contributed by atoms with Crippen molar-refractivity contribution in [3.05, 3.63) is 60.8 Å². The summed E-state index contributed by atoms with van der Waals surface area (Å²) in [5.74, 6) is 0.0264. The molecule has 136 valence electrons. The Morgan fingerprint density at radius 2 is 1.77 bits per heavy atom. The number of nitrogens with one attached hydrogen (secondary N) is 2. The number of halogens is 2. The highest BCUT2D eigenvalue weighted by Crippen LogP contribution is 2.46. The van der Waals surface area contributed by atoms with Gasteiger partial charge in [0.05, 0.1) is 5.69 Å². The van der Waals surface area contributed by atoms with Crippen LogP contribution in [0.5, 0.6) is 11.5 Å². The quantitative estimate of drug-likeness (QED) is 0.536. The van der Waals surface area contributed by atoms with E-state index in [1.54, 1.807) is 12.1 Å². The van der Waals surface area contributed by atoms with Crippen molar-refractivity contribution in [1.29, 1.82) is 0 Å². The molecule has 1 aliphatic rings. The van der Waals surface area contributed by atoms with E-state index < -0.39 is 6.29 Å². The van der Waals surface area contributed by atoms with Crippen molar-refractivity contribution < 1.29 is 18.3 Å². The maximum atomic E-state index is 13.2. The first-order chi connectivity index (χ1) is 12.6. The molecule has 0 amide bonds. The Hall–Kier alpha value is -2.67. The number of hydrogen-bond donors (Lipinski definition) is 2. The molecule has 4 rings (SSSR count). The van der Waals surface area contributed by atoms with Crippen LogP contribution in [0.2, 0.25) is 0 Å². The van der Waals surface area contributed by atoms with Crippen LogP contribution in [0, 0.1) is 0 Å². The van der Waals surface area contributed by atoms with Crippen LogP contribution >= 0.6 is 11.9 Å². The van der Waals surface area contributed by atoms with Crippen molar-refractivity contribution in [2.24, 2.45) is 0 Å². The fourth-order valence-electron chi connectivity index (χ4n) is 2.38. The van der Waals surface area contributed by atoms with Gasteiger partial charge in [0.2, 0.25) is 0 Å². The van der Waals surface area contributed by atoms with Gasteiger partial charge in [-0.05, 0) is 35.7 Å². The first-order valence-corrected chi connectivity index (χ1v) is 8.98. The van der Waals surface area contributed by atoms with E-state index in [9.17, 15) is 8.78 Å². The van der Waals surface area contributed by atoms with Crippen molar-refractivity contribution in [3.63, 3.8) is 0 Å².